The molecule has 0 spiro atoms. The van der Waals surface area contributed by atoms with Crippen LogP contribution in [-0.4, -0.2) is 15.7 Å². The van der Waals surface area contributed by atoms with Crippen molar-refractivity contribution >= 4 is 28.0 Å². The van der Waals surface area contributed by atoms with E-state index >= 15 is 0 Å². The molecular formula is C16H20N2O2S. The summed E-state index contributed by atoms with van der Waals surface area (Å²) in [6.45, 7) is 6.35. The summed E-state index contributed by atoms with van der Waals surface area (Å²) in [5.74, 6) is 0.754. The van der Waals surface area contributed by atoms with Gasteiger partial charge in [0.05, 0.1) is 11.1 Å². The zero-order chi connectivity index (χ0) is 15.6. The Morgan fingerprint density at radius 1 is 1.33 bits per heavy atom. The molecule has 2 rings (SSSR count). The third-order valence-electron chi connectivity index (χ3n) is 3.28. The summed E-state index contributed by atoms with van der Waals surface area (Å²) in [6.07, 6.45) is 1.88. The van der Waals surface area contributed by atoms with Gasteiger partial charge in [-0.3, -0.25) is 4.79 Å². The number of aromatic nitrogens is 1. The van der Waals surface area contributed by atoms with Gasteiger partial charge in [-0.15, -0.1) is 0 Å². The summed E-state index contributed by atoms with van der Waals surface area (Å²) < 4.78 is 7.29. The average molecular weight is 304 g/mol. The van der Waals surface area contributed by atoms with Crippen molar-refractivity contribution in [2.75, 3.05) is 0 Å². The molecule has 1 unspecified atom stereocenters. The molecule has 2 aromatic rings. The van der Waals surface area contributed by atoms with E-state index in [1.165, 1.54) is 0 Å². The van der Waals surface area contributed by atoms with E-state index in [9.17, 15) is 4.79 Å². The van der Waals surface area contributed by atoms with Gasteiger partial charge in [0.25, 0.3) is 5.56 Å². The molecule has 0 saturated heterocycles. The Hall–Kier alpha value is -1.88. The van der Waals surface area contributed by atoms with Gasteiger partial charge < -0.3 is 15.0 Å². The van der Waals surface area contributed by atoms with Crippen LogP contribution < -0.4 is 16.0 Å². The summed E-state index contributed by atoms with van der Waals surface area (Å²) in [4.78, 5) is 12.9. The van der Waals surface area contributed by atoms with Crippen molar-refractivity contribution in [2.45, 2.75) is 33.4 Å². The second-order valence-electron chi connectivity index (χ2n) is 5.49. The number of ether oxygens (including phenoxy) is 1. The minimum absolute atomic E-state index is 0.0151. The van der Waals surface area contributed by atoms with Crippen molar-refractivity contribution in [2.24, 2.45) is 11.7 Å². The first-order valence-electron chi connectivity index (χ1n) is 6.97. The normalized spacial score (nSPS) is 12.6. The molecule has 4 nitrogen and oxygen atoms in total. The molecule has 0 aliphatic heterocycles. The molecule has 21 heavy (non-hydrogen) atoms. The number of rotatable bonds is 5. The molecule has 0 radical (unpaired) electrons. The van der Waals surface area contributed by atoms with E-state index in [0.717, 1.165) is 11.1 Å². The predicted octanol–water partition coefficient (Wildman–Crippen LogP) is 2.71. The number of benzene rings is 1. The van der Waals surface area contributed by atoms with Gasteiger partial charge in [-0.1, -0.05) is 19.1 Å². The topological polar surface area (TPSA) is 57.2 Å². The summed E-state index contributed by atoms with van der Waals surface area (Å²) in [5, 5.41) is 1.54. The van der Waals surface area contributed by atoms with Crippen molar-refractivity contribution in [1.29, 1.82) is 0 Å². The van der Waals surface area contributed by atoms with Crippen LogP contribution >= 0.6 is 12.2 Å². The maximum absolute atomic E-state index is 12.5. The molecule has 0 saturated carbocycles. The predicted molar refractivity (Wildman–Crippen MR) is 89.9 cm³/mol. The largest absolute Gasteiger partial charge is 0.491 e. The van der Waals surface area contributed by atoms with E-state index in [0.29, 0.717) is 16.9 Å². The molecule has 0 amide bonds. The molecule has 112 valence electrons. The number of hydrogen-bond acceptors (Lipinski definition) is 3. The highest BCUT2D eigenvalue weighted by molar-refractivity contribution is 7.80. The van der Waals surface area contributed by atoms with Crippen LogP contribution in [0.25, 0.3) is 10.8 Å². The van der Waals surface area contributed by atoms with Crippen LogP contribution in [0.3, 0.4) is 0 Å². The van der Waals surface area contributed by atoms with Crippen LogP contribution in [0, 0.1) is 5.92 Å². The van der Waals surface area contributed by atoms with E-state index in [1.54, 1.807) is 16.8 Å². The van der Waals surface area contributed by atoms with Crippen molar-refractivity contribution < 1.29 is 4.74 Å². The lowest BCUT2D eigenvalue weighted by Gasteiger charge is -2.13. The van der Waals surface area contributed by atoms with Crippen LogP contribution in [0.2, 0.25) is 0 Å². The van der Waals surface area contributed by atoms with Crippen LogP contribution in [0.15, 0.2) is 35.3 Å². The second kappa shape index (κ2) is 6.26. The van der Waals surface area contributed by atoms with Gasteiger partial charge in [0.15, 0.2) is 0 Å². The molecule has 1 heterocycles. The second-order valence-corrected chi connectivity index (χ2v) is 5.96. The number of nitrogens with zero attached hydrogens (tertiary/aromatic N) is 1. The van der Waals surface area contributed by atoms with Crippen LogP contribution in [0.4, 0.5) is 0 Å². The first-order chi connectivity index (χ1) is 9.88. The monoisotopic (exact) mass is 304 g/mol. The van der Waals surface area contributed by atoms with Crippen molar-refractivity contribution in [3.8, 4) is 5.75 Å². The molecule has 0 aliphatic rings. The standard InChI is InChI=1S/C16H20N2O2S/c1-10(2)20-13-4-5-14-12(8-13)6-7-18(16(14)19)9-11(3)15(17)21/h4-8,10-11H,9H2,1-3H3,(H2,17,21). The number of hydrogen-bond donors (Lipinski definition) is 1. The summed E-state index contributed by atoms with van der Waals surface area (Å²) >= 11 is 4.96. The van der Waals surface area contributed by atoms with Gasteiger partial charge >= 0.3 is 0 Å². The molecule has 1 aromatic carbocycles. The fourth-order valence-corrected chi connectivity index (χ4v) is 2.21. The summed E-state index contributed by atoms with van der Waals surface area (Å²) in [5.41, 5.74) is 5.58. The molecule has 1 atom stereocenters. The third-order valence-corrected chi connectivity index (χ3v) is 3.68. The number of thiocarbonyl (C=S) groups is 1. The summed E-state index contributed by atoms with van der Waals surface area (Å²) in [7, 11) is 0. The van der Waals surface area contributed by atoms with Crippen molar-refractivity contribution in [3.63, 3.8) is 0 Å². The first-order valence-corrected chi connectivity index (χ1v) is 7.38. The Balaban J connectivity index is 2.39. The third kappa shape index (κ3) is 3.61. The summed E-state index contributed by atoms with van der Waals surface area (Å²) in [6, 6.07) is 7.43. The highest BCUT2D eigenvalue weighted by Crippen LogP contribution is 2.19. The lowest BCUT2D eigenvalue weighted by Crippen LogP contribution is -2.28. The molecule has 5 heteroatoms. The minimum atomic E-state index is -0.0355. The van der Waals surface area contributed by atoms with Crippen LogP contribution in [0.5, 0.6) is 5.75 Å². The first kappa shape index (κ1) is 15.5. The fraction of sp³-hybridized carbons (Fsp3) is 0.375. The lowest BCUT2D eigenvalue weighted by molar-refractivity contribution is 0.243. The van der Waals surface area contributed by atoms with E-state index in [-0.39, 0.29) is 17.6 Å². The SMILES string of the molecule is CC(C)Oc1ccc2c(=O)n(CC(C)C(N)=S)ccc2c1. The van der Waals surface area contributed by atoms with Gasteiger partial charge in [0.2, 0.25) is 0 Å². The van der Waals surface area contributed by atoms with E-state index < -0.39 is 0 Å². The maximum Gasteiger partial charge on any atom is 0.258 e. The van der Waals surface area contributed by atoms with Gasteiger partial charge in [0.1, 0.15) is 5.75 Å². The Kier molecular flexibility index (Phi) is 4.63. The van der Waals surface area contributed by atoms with Gasteiger partial charge in [-0.2, -0.15) is 0 Å². The van der Waals surface area contributed by atoms with E-state index in [2.05, 4.69) is 0 Å². The Bertz CT molecular complexity index is 722. The van der Waals surface area contributed by atoms with Gasteiger partial charge in [-0.05, 0) is 43.5 Å². The number of nitrogens with two attached hydrogens (primary N) is 1. The molecule has 0 aliphatic carbocycles. The van der Waals surface area contributed by atoms with Gasteiger partial charge in [-0.25, -0.2) is 0 Å². The van der Waals surface area contributed by atoms with Crippen LogP contribution in [0.1, 0.15) is 20.8 Å². The molecule has 1 aromatic heterocycles. The maximum atomic E-state index is 12.5. The van der Waals surface area contributed by atoms with Crippen molar-refractivity contribution in [1.82, 2.24) is 4.57 Å². The molecular weight excluding hydrogens is 284 g/mol. The van der Waals surface area contributed by atoms with Crippen LogP contribution in [-0.2, 0) is 6.54 Å². The van der Waals surface area contributed by atoms with Crippen molar-refractivity contribution in [3.05, 3.63) is 40.8 Å². The quantitative estimate of drug-likeness (QED) is 0.863. The fourth-order valence-electron chi connectivity index (χ4n) is 2.14. The highest BCUT2D eigenvalue weighted by Gasteiger charge is 2.10. The minimum Gasteiger partial charge on any atom is -0.491 e. The Morgan fingerprint density at radius 3 is 2.67 bits per heavy atom. The zero-order valence-corrected chi connectivity index (χ0v) is 13.3. The Labute approximate surface area is 129 Å². The smallest absolute Gasteiger partial charge is 0.258 e. The molecule has 0 fully saturated rings. The molecule has 0 bridgehead atoms. The number of fused-ring (bicyclic) bond motifs is 1. The molecule has 2 N–H and O–H groups in total. The lowest BCUT2D eigenvalue weighted by atomic mass is 10.1. The average Bonchev–Trinajstić information content (AvgIpc) is 2.41. The van der Waals surface area contributed by atoms with Gasteiger partial charge in [0, 0.05) is 24.0 Å². The Morgan fingerprint density at radius 2 is 2.05 bits per heavy atom. The zero-order valence-electron chi connectivity index (χ0n) is 12.5. The highest BCUT2D eigenvalue weighted by atomic mass is 32.1. The van der Waals surface area contributed by atoms with E-state index in [4.69, 9.17) is 22.7 Å². The number of pyridine rings is 1. The van der Waals surface area contributed by atoms with E-state index in [1.807, 2.05) is 39.0 Å².